The lowest BCUT2D eigenvalue weighted by Crippen LogP contribution is -2.71. The Morgan fingerprint density at radius 3 is 0.706 bits per heavy atom. The van der Waals surface area contributed by atoms with Crippen LogP contribution < -0.4 is 34.4 Å². The van der Waals surface area contributed by atoms with Crippen molar-refractivity contribution >= 4 is 0 Å². The van der Waals surface area contributed by atoms with E-state index in [4.69, 9.17) is 91.2 Å². The molecule has 0 aliphatic carbocycles. The van der Waals surface area contributed by atoms with Crippen LogP contribution in [0.2, 0.25) is 0 Å². The molecule has 6 saturated heterocycles. The molecule has 0 radical (unpaired) electrons. The topological polar surface area (TPSA) is 530 Å². The lowest BCUT2D eigenvalue weighted by molar-refractivity contribution is -0.367. The predicted octanol–water partition coefficient (Wildman–Crippen LogP) is -13.6. The number of hydrogen-bond donors (Lipinski definition) is 19. The zero-order valence-electron chi connectivity index (χ0n) is 36.7. The monoisotopic (exact) mass is 998 g/mol. The highest BCUT2D eigenvalue weighted by molar-refractivity contribution is 5.02. The molecule has 6 aliphatic rings. The fraction of sp³-hybridized carbons (Fsp3) is 1.00. The maximum atomic E-state index is 11.5. The van der Waals surface area contributed by atoms with Crippen molar-refractivity contribution < 1.29 is 123 Å². The first-order chi connectivity index (χ1) is 32.3. The number of methoxy groups -OCH3 is 1. The zero-order chi connectivity index (χ0) is 50.0. The first-order valence-electron chi connectivity index (χ1n) is 22.0. The third-order valence-electron chi connectivity index (χ3n) is 13.1. The van der Waals surface area contributed by atoms with E-state index >= 15 is 0 Å². The van der Waals surface area contributed by atoms with Crippen LogP contribution >= 0.6 is 0 Å². The molecule has 0 bridgehead atoms. The SMILES string of the molecule is CO[C@H]1OC(CO)[C@H](OC2OC(CO)C(O[C@H]3OC(CO)[C@H](OC4OC(CO)C(O[C@H]5OC(CO)[C@H](OC6OC(CO)C(O)[C@H](O)[C@@H]6N)C(O)[C@H]5N)[C@H](O)[C@@H]4N)C(O)[C@H]3N)[C@H](O)[C@@H]2N)C(O)[C@H]1N. The van der Waals surface area contributed by atoms with Gasteiger partial charge in [-0.2, -0.15) is 0 Å². The molecule has 0 saturated carbocycles. The van der Waals surface area contributed by atoms with Gasteiger partial charge in [0.2, 0.25) is 0 Å². The summed E-state index contributed by atoms with van der Waals surface area (Å²) in [4.78, 5) is 0. The maximum Gasteiger partial charge on any atom is 0.176 e. The van der Waals surface area contributed by atoms with Gasteiger partial charge in [0.25, 0.3) is 0 Å². The fourth-order valence-corrected chi connectivity index (χ4v) is 8.98. The molecule has 398 valence electrons. The number of aliphatic hydroxyl groups is 13. The molecule has 6 rings (SSSR count). The van der Waals surface area contributed by atoms with Crippen molar-refractivity contribution in [2.45, 2.75) is 184 Å². The molecule has 0 amide bonds. The molecule has 6 aliphatic heterocycles. The van der Waals surface area contributed by atoms with Gasteiger partial charge in [0.05, 0.1) is 75.9 Å². The highest BCUT2D eigenvalue weighted by atomic mass is 16.8. The van der Waals surface area contributed by atoms with E-state index in [0.717, 1.165) is 0 Å². The molecule has 31 heteroatoms. The molecule has 68 heavy (non-hydrogen) atoms. The molecule has 0 spiro atoms. The van der Waals surface area contributed by atoms with Gasteiger partial charge in [-0.15, -0.1) is 0 Å². The number of aliphatic hydroxyl groups excluding tert-OH is 13. The van der Waals surface area contributed by atoms with Crippen LogP contribution in [0.1, 0.15) is 0 Å². The van der Waals surface area contributed by atoms with Crippen LogP contribution in [0.5, 0.6) is 0 Å². The van der Waals surface area contributed by atoms with E-state index in [1.807, 2.05) is 0 Å². The molecule has 0 aromatic rings. The molecule has 25 N–H and O–H groups in total. The second-order valence-corrected chi connectivity index (χ2v) is 17.5. The molecular formula is C37H70N6O25. The van der Waals surface area contributed by atoms with Crippen molar-refractivity contribution in [1.29, 1.82) is 0 Å². The van der Waals surface area contributed by atoms with Crippen molar-refractivity contribution in [3.8, 4) is 0 Å². The number of ether oxygens (including phenoxy) is 12. The van der Waals surface area contributed by atoms with Crippen molar-refractivity contribution in [3.05, 3.63) is 0 Å². The summed E-state index contributed by atoms with van der Waals surface area (Å²) in [5, 5.41) is 137. The Hall–Kier alpha value is -1.24. The van der Waals surface area contributed by atoms with Gasteiger partial charge in [-0.25, -0.2) is 0 Å². The van der Waals surface area contributed by atoms with Crippen molar-refractivity contribution in [2.24, 2.45) is 34.4 Å². The fourth-order valence-electron chi connectivity index (χ4n) is 8.98. The third kappa shape index (κ3) is 11.3. The van der Waals surface area contributed by atoms with Crippen molar-refractivity contribution in [3.63, 3.8) is 0 Å². The summed E-state index contributed by atoms with van der Waals surface area (Å²) < 4.78 is 68.9. The lowest BCUT2D eigenvalue weighted by atomic mass is 9.93. The Morgan fingerprint density at radius 1 is 0.294 bits per heavy atom. The van der Waals surface area contributed by atoms with Gasteiger partial charge >= 0.3 is 0 Å². The van der Waals surface area contributed by atoms with Crippen LogP contribution in [0.3, 0.4) is 0 Å². The molecule has 0 aromatic heterocycles. The van der Waals surface area contributed by atoms with Gasteiger partial charge in [0.1, 0.15) is 110 Å². The van der Waals surface area contributed by atoms with E-state index in [1.54, 1.807) is 0 Å². The molecule has 15 unspecified atom stereocenters. The summed E-state index contributed by atoms with van der Waals surface area (Å²) >= 11 is 0. The van der Waals surface area contributed by atoms with Crippen LogP contribution in [0.15, 0.2) is 0 Å². The third-order valence-corrected chi connectivity index (χ3v) is 13.1. The lowest BCUT2D eigenvalue weighted by Gasteiger charge is -2.50. The average Bonchev–Trinajstić information content (AvgIpc) is 3.33. The van der Waals surface area contributed by atoms with Gasteiger partial charge in [-0.3, -0.25) is 0 Å². The summed E-state index contributed by atoms with van der Waals surface area (Å²) in [7, 11) is 1.28. The van der Waals surface area contributed by atoms with E-state index in [9.17, 15) is 66.4 Å². The highest BCUT2D eigenvalue weighted by Crippen LogP contribution is 2.35. The quantitative estimate of drug-likeness (QED) is 0.0643. The minimum Gasteiger partial charge on any atom is -0.394 e. The van der Waals surface area contributed by atoms with Crippen molar-refractivity contribution in [1.82, 2.24) is 0 Å². The number of nitrogens with two attached hydrogens (primary N) is 6. The minimum atomic E-state index is -1.78. The summed E-state index contributed by atoms with van der Waals surface area (Å²) in [6, 6.07) is -8.56. The Balaban J connectivity index is 1.07. The molecule has 0 aromatic carbocycles. The summed E-state index contributed by atoms with van der Waals surface area (Å²) in [6.45, 7) is -4.73. The molecule has 6 heterocycles. The number of rotatable bonds is 17. The Labute approximate surface area is 388 Å². The summed E-state index contributed by atoms with van der Waals surface area (Å²) in [6.07, 6.45) is -36.5. The Bertz CT molecular complexity index is 1540. The largest absolute Gasteiger partial charge is 0.394 e. The van der Waals surface area contributed by atoms with Gasteiger partial charge < -0.3 is 158 Å². The normalized spacial score (nSPS) is 52.8. The van der Waals surface area contributed by atoms with E-state index in [-0.39, 0.29) is 0 Å². The van der Waals surface area contributed by atoms with E-state index in [1.165, 1.54) is 7.11 Å². The van der Waals surface area contributed by atoms with Crippen LogP contribution in [0.25, 0.3) is 0 Å². The predicted molar refractivity (Wildman–Crippen MR) is 216 cm³/mol. The van der Waals surface area contributed by atoms with E-state index in [0.29, 0.717) is 0 Å². The van der Waals surface area contributed by atoms with Gasteiger partial charge in [0.15, 0.2) is 37.7 Å². The van der Waals surface area contributed by atoms with Crippen molar-refractivity contribution in [2.75, 3.05) is 46.8 Å². The zero-order valence-corrected chi connectivity index (χ0v) is 36.7. The first kappa shape index (κ1) is 56.1. The molecule has 30 atom stereocenters. The molecule has 6 fully saturated rings. The minimum absolute atomic E-state index is 0.646. The summed E-state index contributed by atoms with van der Waals surface area (Å²) in [5.74, 6) is 0. The van der Waals surface area contributed by atoms with Gasteiger partial charge in [-0.05, 0) is 0 Å². The smallest absolute Gasteiger partial charge is 0.176 e. The Kier molecular flexibility index (Phi) is 19.9. The van der Waals surface area contributed by atoms with Crippen LogP contribution in [-0.2, 0) is 56.8 Å². The average molecular weight is 999 g/mol. The maximum absolute atomic E-state index is 11.5. The van der Waals surface area contributed by atoms with Crippen LogP contribution in [-0.4, -0.2) is 297 Å². The van der Waals surface area contributed by atoms with Crippen LogP contribution in [0, 0.1) is 0 Å². The van der Waals surface area contributed by atoms with Gasteiger partial charge in [-0.1, -0.05) is 0 Å². The highest BCUT2D eigenvalue weighted by Gasteiger charge is 2.56. The summed E-state index contributed by atoms with van der Waals surface area (Å²) in [5.41, 5.74) is 37.2. The van der Waals surface area contributed by atoms with E-state index < -0.39 is 224 Å². The standard InChI is InChI=1S/C37H70N6O25/c1-57-32-15(39)22(52)27(9(3-45)59-32)65-34-17(41)24(54)29(11(5-47)61-34)67-36-19(43)26(56)31(13(7-49)63-36)68-37-18(42)25(55)30(12(6-48)62-37)66-35-16(40)23(53)28(10(4-46)60-35)64-33-14(38)21(51)20(50)8(2-44)58-33/h8-37,44-56H,2-7,38-43H2,1H3/t8?,9?,10?,11?,12?,13?,14-,15+,16+,17-,18-,19+,20?,21+,22?,23?,24+,25+,26?,27-,28-,29?,30?,31-,32-,33?,34?,35+,36+,37?/m0/s1. The van der Waals surface area contributed by atoms with Gasteiger partial charge in [0, 0.05) is 7.11 Å². The molecular weight excluding hydrogens is 928 g/mol. The second-order valence-electron chi connectivity index (χ2n) is 17.5. The van der Waals surface area contributed by atoms with E-state index in [2.05, 4.69) is 0 Å². The van der Waals surface area contributed by atoms with Crippen LogP contribution in [0.4, 0.5) is 0 Å². The first-order valence-corrected chi connectivity index (χ1v) is 22.0. The Morgan fingerprint density at radius 2 is 0.485 bits per heavy atom. The molecule has 31 nitrogen and oxygen atoms in total. The second kappa shape index (κ2) is 24.2. The number of hydrogen-bond acceptors (Lipinski definition) is 31.